The zero-order valence-electron chi connectivity index (χ0n) is 12.1. The Morgan fingerprint density at radius 2 is 2.00 bits per heavy atom. The molecule has 0 bridgehead atoms. The Labute approximate surface area is 129 Å². The monoisotopic (exact) mass is 322 g/mol. The molecule has 0 aliphatic heterocycles. The number of hydrogen-bond acceptors (Lipinski definition) is 7. The van der Waals surface area contributed by atoms with Crippen LogP contribution in [0.4, 0.5) is 5.82 Å². The second kappa shape index (κ2) is 6.68. The van der Waals surface area contributed by atoms with Crippen LogP contribution in [0.3, 0.4) is 0 Å². The largest absolute Gasteiger partial charge is 0.481 e. The number of fused-ring (bicyclic) bond motifs is 1. The van der Waals surface area contributed by atoms with Gasteiger partial charge in [0.25, 0.3) is 0 Å². The average molecular weight is 322 g/mol. The van der Waals surface area contributed by atoms with Crippen molar-refractivity contribution in [2.75, 3.05) is 12.4 Å². The number of nitrogens with zero attached hydrogens (tertiary/aromatic N) is 4. The zero-order chi connectivity index (χ0) is 17.0. The van der Waals surface area contributed by atoms with Gasteiger partial charge in [0, 0.05) is 7.05 Å². The molecule has 0 radical (unpaired) electrons. The van der Waals surface area contributed by atoms with E-state index in [4.69, 9.17) is 10.2 Å². The van der Waals surface area contributed by atoms with E-state index in [1.165, 1.54) is 17.2 Å². The van der Waals surface area contributed by atoms with Crippen molar-refractivity contribution in [3.8, 4) is 0 Å². The van der Waals surface area contributed by atoms with Crippen molar-refractivity contribution in [2.45, 2.75) is 19.0 Å². The van der Waals surface area contributed by atoms with E-state index in [1.807, 2.05) is 0 Å². The molecule has 0 aliphatic rings. The summed E-state index contributed by atoms with van der Waals surface area (Å²) in [4.78, 5) is 45.5. The van der Waals surface area contributed by atoms with Crippen LogP contribution in [0.1, 0.15) is 6.42 Å². The Kier molecular flexibility index (Phi) is 4.69. The second-order valence-corrected chi connectivity index (χ2v) is 4.57. The molecule has 4 N–H and O–H groups in total. The Morgan fingerprint density at radius 3 is 2.61 bits per heavy atom. The lowest BCUT2D eigenvalue weighted by Gasteiger charge is -2.13. The minimum absolute atomic E-state index is 0.248. The highest BCUT2D eigenvalue weighted by atomic mass is 16.4. The predicted molar refractivity (Wildman–Crippen MR) is 76.7 cm³/mol. The van der Waals surface area contributed by atoms with Crippen molar-refractivity contribution >= 4 is 34.8 Å². The van der Waals surface area contributed by atoms with Gasteiger partial charge in [-0.1, -0.05) is 0 Å². The van der Waals surface area contributed by atoms with Gasteiger partial charge in [0.15, 0.2) is 11.5 Å². The molecule has 0 spiro atoms. The number of carbonyl (C=O) groups excluding carboxylic acids is 1. The van der Waals surface area contributed by atoms with Gasteiger partial charge in [-0.3, -0.25) is 9.59 Å². The summed E-state index contributed by atoms with van der Waals surface area (Å²) >= 11 is 0. The summed E-state index contributed by atoms with van der Waals surface area (Å²) in [6, 6.07) is -1.50. The Hall–Kier alpha value is -3.24. The number of aromatic nitrogens is 4. The molecule has 0 saturated heterocycles. The van der Waals surface area contributed by atoms with E-state index in [2.05, 4.69) is 25.6 Å². The standard InChI is InChI=1S/C12H14N6O5/c1-13-10-9-11(15-4-14-10)16-5-18(9)3-7(19)17-6(12(22)23)2-8(20)21/h4-6H,2-3H2,1H3,(H,17,19)(H,20,21)(H,22,23)(H,13,14,15)/t6-/m0/s1. The lowest BCUT2D eigenvalue weighted by molar-refractivity contribution is -0.147. The number of aliphatic carboxylic acids is 2. The van der Waals surface area contributed by atoms with E-state index in [0.717, 1.165) is 0 Å². The molecule has 122 valence electrons. The number of anilines is 1. The molecule has 2 rings (SSSR count). The van der Waals surface area contributed by atoms with E-state index < -0.39 is 30.3 Å². The third-order valence-corrected chi connectivity index (χ3v) is 2.97. The van der Waals surface area contributed by atoms with Gasteiger partial charge in [-0.05, 0) is 0 Å². The molecule has 0 saturated carbocycles. The summed E-state index contributed by atoms with van der Waals surface area (Å²) < 4.78 is 1.44. The van der Waals surface area contributed by atoms with Gasteiger partial charge in [0.2, 0.25) is 5.91 Å². The van der Waals surface area contributed by atoms with Crippen LogP contribution < -0.4 is 10.6 Å². The van der Waals surface area contributed by atoms with Crippen LogP contribution in [0.15, 0.2) is 12.7 Å². The maximum absolute atomic E-state index is 12.0. The molecule has 2 aromatic rings. The number of rotatable bonds is 7. The van der Waals surface area contributed by atoms with E-state index in [-0.39, 0.29) is 6.54 Å². The van der Waals surface area contributed by atoms with Crippen molar-refractivity contribution in [2.24, 2.45) is 0 Å². The van der Waals surface area contributed by atoms with Gasteiger partial charge in [-0.2, -0.15) is 0 Å². The molecular weight excluding hydrogens is 308 g/mol. The topological polar surface area (TPSA) is 159 Å². The Bertz CT molecular complexity index is 757. The third kappa shape index (κ3) is 3.70. The number of carboxylic acids is 2. The van der Waals surface area contributed by atoms with Crippen LogP contribution in [0.2, 0.25) is 0 Å². The summed E-state index contributed by atoms with van der Waals surface area (Å²) in [7, 11) is 1.65. The van der Waals surface area contributed by atoms with Gasteiger partial charge in [0.1, 0.15) is 24.4 Å². The highest BCUT2D eigenvalue weighted by Gasteiger charge is 2.23. The van der Waals surface area contributed by atoms with Crippen molar-refractivity contribution < 1.29 is 24.6 Å². The summed E-state index contributed by atoms with van der Waals surface area (Å²) in [6.45, 7) is -0.248. The van der Waals surface area contributed by atoms with E-state index in [9.17, 15) is 14.4 Å². The number of nitrogens with one attached hydrogen (secondary N) is 2. The van der Waals surface area contributed by atoms with E-state index in [1.54, 1.807) is 7.05 Å². The van der Waals surface area contributed by atoms with Crippen molar-refractivity contribution in [3.05, 3.63) is 12.7 Å². The quantitative estimate of drug-likeness (QED) is 0.496. The lowest BCUT2D eigenvalue weighted by Crippen LogP contribution is -2.43. The Balaban J connectivity index is 2.17. The number of carboxylic acid groups (broad SMARTS) is 2. The normalized spacial score (nSPS) is 11.9. The first-order valence-electron chi connectivity index (χ1n) is 6.50. The molecule has 23 heavy (non-hydrogen) atoms. The summed E-state index contributed by atoms with van der Waals surface area (Å²) in [5.41, 5.74) is 0.854. The van der Waals surface area contributed by atoms with Crippen LogP contribution in [0, 0.1) is 0 Å². The van der Waals surface area contributed by atoms with Gasteiger partial charge in [0.05, 0.1) is 12.7 Å². The van der Waals surface area contributed by atoms with Crippen LogP contribution >= 0.6 is 0 Å². The van der Waals surface area contributed by atoms with Gasteiger partial charge in [-0.25, -0.2) is 19.7 Å². The molecule has 0 unspecified atom stereocenters. The predicted octanol–water partition coefficient (Wildman–Crippen LogP) is -1.09. The van der Waals surface area contributed by atoms with Gasteiger partial charge < -0.3 is 25.4 Å². The number of carbonyl (C=O) groups is 3. The first-order valence-corrected chi connectivity index (χ1v) is 6.50. The molecule has 0 aliphatic carbocycles. The number of amides is 1. The molecule has 11 heteroatoms. The molecule has 2 aromatic heterocycles. The lowest BCUT2D eigenvalue weighted by atomic mass is 10.2. The van der Waals surface area contributed by atoms with Crippen molar-refractivity contribution in [1.82, 2.24) is 24.8 Å². The van der Waals surface area contributed by atoms with E-state index in [0.29, 0.717) is 17.0 Å². The maximum Gasteiger partial charge on any atom is 0.326 e. The fourth-order valence-corrected chi connectivity index (χ4v) is 1.98. The highest BCUT2D eigenvalue weighted by Crippen LogP contribution is 2.17. The highest BCUT2D eigenvalue weighted by molar-refractivity contribution is 5.88. The summed E-state index contributed by atoms with van der Waals surface area (Å²) in [6.07, 6.45) is 1.97. The zero-order valence-corrected chi connectivity index (χ0v) is 12.1. The van der Waals surface area contributed by atoms with Gasteiger partial charge in [-0.15, -0.1) is 0 Å². The minimum atomic E-state index is -1.50. The fraction of sp³-hybridized carbons (Fsp3) is 0.333. The average Bonchev–Trinajstić information content (AvgIpc) is 2.89. The Morgan fingerprint density at radius 1 is 1.26 bits per heavy atom. The molecule has 2 heterocycles. The molecule has 1 atom stereocenters. The van der Waals surface area contributed by atoms with Crippen LogP contribution in [0.5, 0.6) is 0 Å². The first-order chi connectivity index (χ1) is 10.9. The molecule has 11 nitrogen and oxygen atoms in total. The molecule has 0 fully saturated rings. The molecule has 1 amide bonds. The van der Waals surface area contributed by atoms with Crippen molar-refractivity contribution in [3.63, 3.8) is 0 Å². The molecular formula is C12H14N6O5. The number of hydrogen-bond donors (Lipinski definition) is 4. The number of imidazole rings is 1. The summed E-state index contributed by atoms with van der Waals surface area (Å²) in [5, 5.41) is 22.6. The molecule has 0 aromatic carbocycles. The smallest absolute Gasteiger partial charge is 0.326 e. The summed E-state index contributed by atoms with van der Waals surface area (Å²) in [5.74, 6) is -2.95. The van der Waals surface area contributed by atoms with Crippen LogP contribution in [-0.4, -0.2) is 60.7 Å². The minimum Gasteiger partial charge on any atom is -0.481 e. The SMILES string of the molecule is CNc1ncnc2ncn(CC(=O)N[C@@H](CC(=O)O)C(=O)O)c12. The first kappa shape index (κ1) is 16.1. The third-order valence-electron chi connectivity index (χ3n) is 2.97. The van der Waals surface area contributed by atoms with E-state index >= 15 is 0 Å². The van der Waals surface area contributed by atoms with Crippen LogP contribution in [0.25, 0.3) is 11.2 Å². The maximum atomic E-state index is 12.0. The van der Waals surface area contributed by atoms with Crippen LogP contribution in [-0.2, 0) is 20.9 Å². The van der Waals surface area contributed by atoms with Gasteiger partial charge >= 0.3 is 11.9 Å². The van der Waals surface area contributed by atoms with Crippen molar-refractivity contribution in [1.29, 1.82) is 0 Å². The second-order valence-electron chi connectivity index (χ2n) is 4.57. The fourth-order valence-electron chi connectivity index (χ4n) is 1.98.